The molecule has 0 radical (unpaired) electrons. The van der Waals surface area contributed by atoms with Crippen LogP contribution < -0.4 is 5.32 Å². The van der Waals surface area contributed by atoms with E-state index in [2.05, 4.69) is 36.3 Å². The zero-order valence-corrected chi connectivity index (χ0v) is 8.57. The normalized spacial score (nSPS) is 15.0. The summed E-state index contributed by atoms with van der Waals surface area (Å²) in [4.78, 5) is 3.52. The fourth-order valence-corrected chi connectivity index (χ4v) is 2.40. The van der Waals surface area contributed by atoms with Gasteiger partial charge in [0.05, 0.1) is 0 Å². The Kier molecular flexibility index (Phi) is 1.50. The number of aromatic amines is 1. The summed E-state index contributed by atoms with van der Waals surface area (Å²) in [6, 6.07) is 4.40. The monoisotopic (exact) mass is 186 g/mol. The second-order valence-corrected chi connectivity index (χ2v) is 4.14. The van der Waals surface area contributed by atoms with Crippen molar-refractivity contribution in [3.05, 3.63) is 34.5 Å². The van der Waals surface area contributed by atoms with Crippen molar-refractivity contribution in [2.75, 3.05) is 0 Å². The minimum atomic E-state index is 0.989. The first-order valence-corrected chi connectivity index (χ1v) is 5.07. The third kappa shape index (κ3) is 0.891. The number of aryl methyl sites for hydroxylation is 2. The maximum atomic E-state index is 3.52. The summed E-state index contributed by atoms with van der Waals surface area (Å²) < 4.78 is 0. The van der Waals surface area contributed by atoms with Crippen LogP contribution in [0.15, 0.2) is 12.1 Å². The van der Waals surface area contributed by atoms with Crippen LogP contribution in [0.2, 0.25) is 0 Å². The van der Waals surface area contributed by atoms with E-state index in [0.29, 0.717) is 0 Å². The number of fused-ring (bicyclic) bond motifs is 3. The van der Waals surface area contributed by atoms with E-state index in [4.69, 9.17) is 0 Å². The molecule has 1 aromatic carbocycles. The van der Waals surface area contributed by atoms with Gasteiger partial charge in [0.25, 0.3) is 0 Å². The maximum absolute atomic E-state index is 3.52. The van der Waals surface area contributed by atoms with Gasteiger partial charge in [0.2, 0.25) is 0 Å². The number of rotatable bonds is 0. The van der Waals surface area contributed by atoms with Crippen molar-refractivity contribution >= 4 is 10.9 Å². The third-order valence-electron chi connectivity index (χ3n) is 3.17. The van der Waals surface area contributed by atoms with Gasteiger partial charge >= 0.3 is 0 Å². The van der Waals surface area contributed by atoms with E-state index >= 15 is 0 Å². The lowest BCUT2D eigenvalue weighted by molar-refractivity contribution is 0.757. The molecule has 0 saturated heterocycles. The zero-order valence-electron chi connectivity index (χ0n) is 8.57. The molecule has 0 spiro atoms. The lowest BCUT2D eigenvalue weighted by atomic mass is 10.0. The summed E-state index contributed by atoms with van der Waals surface area (Å²) >= 11 is 0. The highest BCUT2D eigenvalue weighted by atomic mass is 14.9. The molecule has 0 amide bonds. The molecular formula is C12H14N2. The minimum absolute atomic E-state index is 0.989. The van der Waals surface area contributed by atoms with Crippen LogP contribution in [0.3, 0.4) is 0 Å². The van der Waals surface area contributed by atoms with Gasteiger partial charge in [-0.3, -0.25) is 0 Å². The average molecular weight is 186 g/mol. The Morgan fingerprint density at radius 1 is 1.07 bits per heavy atom. The summed E-state index contributed by atoms with van der Waals surface area (Å²) in [6.45, 7) is 6.36. The lowest BCUT2D eigenvalue weighted by Crippen LogP contribution is -2.02. The molecule has 14 heavy (non-hydrogen) atoms. The number of hydrogen-bond acceptors (Lipinski definition) is 1. The Morgan fingerprint density at radius 2 is 1.86 bits per heavy atom. The molecule has 0 unspecified atom stereocenters. The molecule has 0 aliphatic carbocycles. The van der Waals surface area contributed by atoms with E-state index in [1.165, 1.54) is 33.3 Å². The Bertz CT molecular complexity index is 509. The van der Waals surface area contributed by atoms with Crippen molar-refractivity contribution in [1.82, 2.24) is 10.3 Å². The molecule has 3 rings (SSSR count). The molecule has 0 fully saturated rings. The van der Waals surface area contributed by atoms with E-state index < -0.39 is 0 Å². The molecule has 2 N–H and O–H groups in total. The van der Waals surface area contributed by atoms with Gasteiger partial charge in [-0.2, -0.15) is 0 Å². The van der Waals surface area contributed by atoms with Crippen molar-refractivity contribution in [1.29, 1.82) is 0 Å². The zero-order chi connectivity index (χ0) is 9.71. The Labute approximate surface area is 83.3 Å². The molecule has 0 atom stereocenters. The highest BCUT2D eigenvalue weighted by molar-refractivity contribution is 5.90. The summed E-state index contributed by atoms with van der Waals surface area (Å²) in [5.41, 5.74) is 6.90. The number of aromatic nitrogens is 1. The topological polar surface area (TPSA) is 27.8 Å². The fourth-order valence-electron chi connectivity index (χ4n) is 2.40. The molecule has 0 bridgehead atoms. The maximum Gasteiger partial charge on any atom is 0.0492 e. The highest BCUT2D eigenvalue weighted by Gasteiger charge is 2.18. The second kappa shape index (κ2) is 2.61. The summed E-state index contributed by atoms with van der Waals surface area (Å²) in [5, 5.41) is 4.81. The molecule has 2 heterocycles. The molecule has 2 nitrogen and oxygen atoms in total. The highest BCUT2D eigenvalue weighted by Crippen LogP contribution is 2.30. The van der Waals surface area contributed by atoms with Gasteiger partial charge in [-0.05, 0) is 30.5 Å². The standard InChI is InChI=1S/C12H14N2/c1-7-3-4-8(2)12-11(7)9-5-13-6-10(9)14-12/h3-4,13-14H,5-6H2,1-2H3. The molecule has 1 aliphatic rings. The first-order chi connectivity index (χ1) is 6.77. The second-order valence-electron chi connectivity index (χ2n) is 4.14. The molecular weight excluding hydrogens is 172 g/mol. The smallest absolute Gasteiger partial charge is 0.0492 e. The SMILES string of the molecule is Cc1ccc(C)c2c3c([nH]c12)CNC3. The predicted octanol–water partition coefficient (Wildman–Crippen LogP) is 2.39. The van der Waals surface area contributed by atoms with Crippen LogP contribution in [-0.4, -0.2) is 4.98 Å². The molecule has 72 valence electrons. The summed E-state index contributed by atoms with van der Waals surface area (Å²) in [5.74, 6) is 0. The molecule has 0 saturated carbocycles. The van der Waals surface area contributed by atoms with Gasteiger partial charge in [-0.15, -0.1) is 0 Å². The van der Waals surface area contributed by atoms with Crippen molar-refractivity contribution < 1.29 is 0 Å². The third-order valence-corrected chi connectivity index (χ3v) is 3.17. The van der Waals surface area contributed by atoms with Gasteiger partial charge in [-0.1, -0.05) is 12.1 Å². The average Bonchev–Trinajstić information content (AvgIpc) is 2.70. The van der Waals surface area contributed by atoms with Gasteiger partial charge in [0, 0.05) is 29.7 Å². The number of H-pyrrole nitrogens is 1. The van der Waals surface area contributed by atoms with Crippen LogP contribution in [0.4, 0.5) is 0 Å². The Balaban J connectivity index is 2.48. The largest absolute Gasteiger partial charge is 0.357 e. The van der Waals surface area contributed by atoms with Crippen molar-refractivity contribution in [3.8, 4) is 0 Å². The van der Waals surface area contributed by atoms with E-state index in [1.807, 2.05) is 0 Å². The van der Waals surface area contributed by atoms with E-state index in [-0.39, 0.29) is 0 Å². The minimum Gasteiger partial charge on any atom is -0.357 e. The van der Waals surface area contributed by atoms with Gasteiger partial charge in [-0.25, -0.2) is 0 Å². The Morgan fingerprint density at radius 3 is 2.71 bits per heavy atom. The molecule has 1 aliphatic heterocycles. The van der Waals surface area contributed by atoms with Crippen LogP contribution in [0, 0.1) is 13.8 Å². The number of hydrogen-bond donors (Lipinski definition) is 2. The van der Waals surface area contributed by atoms with Crippen LogP contribution in [-0.2, 0) is 13.1 Å². The van der Waals surface area contributed by atoms with Crippen LogP contribution >= 0.6 is 0 Å². The van der Waals surface area contributed by atoms with Crippen LogP contribution in [0.5, 0.6) is 0 Å². The van der Waals surface area contributed by atoms with Crippen molar-refractivity contribution in [2.24, 2.45) is 0 Å². The van der Waals surface area contributed by atoms with E-state index in [1.54, 1.807) is 0 Å². The lowest BCUT2D eigenvalue weighted by Gasteiger charge is -2.02. The molecule has 2 heteroatoms. The van der Waals surface area contributed by atoms with Crippen molar-refractivity contribution in [3.63, 3.8) is 0 Å². The summed E-state index contributed by atoms with van der Waals surface area (Å²) in [6.07, 6.45) is 0. The van der Waals surface area contributed by atoms with Gasteiger partial charge in [0.15, 0.2) is 0 Å². The number of nitrogens with one attached hydrogen (secondary N) is 2. The summed E-state index contributed by atoms with van der Waals surface area (Å²) in [7, 11) is 0. The van der Waals surface area contributed by atoms with Crippen LogP contribution in [0.1, 0.15) is 22.4 Å². The van der Waals surface area contributed by atoms with E-state index in [9.17, 15) is 0 Å². The Hall–Kier alpha value is -1.28. The molecule has 2 aromatic rings. The molecule has 1 aromatic heterocycles. The van der Waals surface area contributed by atoms with Crippen LogP contribution in [0.25, 0.3) is 10.9 Å². The van der Waals surface area contributed by atoms with Gasteiger partial charge in [0.1, 0.15) is 0 Å². The quantitative estimate of drug-likeness (QED) is 0.649. The predicted molar refractivity (Wildman–Crippen MR) is 58.3 cm³/mol. The first kappa shape index (κ1) is 8.06. The van der Waals surface area contributed by atoms with Crippen molar-refractivity contribution in [2.45, 2.75) is 26.9 Å². The van der Waals surface area contributed by atoms with E-state index in [0.717, 1.165) is 13.1 Å². The number of benzene rings is 1. The first-order valence-electron chi connectivity index (χ1n) is 5.07. The fraction of sp³-hybridized carbons (Fsp3) is 0.333. The van der Waals surface area contributed by atoms with Gasteiger partial charge < -0.3 is 10.3 Å².